The Labute approximate surface area is 125 Å². The number of hydrogen-bond donors (Lipinski definition) is 0. The molecule has 0 saturated heterocycles. The second-order valence-corrected chi connectivity index (χ2v) is 5.50. The van der Waals surface area contributed by atoms with Crippen LogP contribution in [0.1, 0.15) is 28.7 Å². The molecule has 1 aromatic heterocycles. The highest BCUT2D eigenvalue weighted by molar-refractivity contribution is 9.10. The molecule has 0 fully saturated rings. The molecule has 3 nitrogen and oxygen atoms in total. The number of aromatic nitrogens is 2. The van der Waals surface area contributed by atoms with E-state index in [1.54, 1.807) is 10.7 Å². The lowest BCUT2D eigenvalue weighted by Gasteiger charge is -2.04. The van der Waals surface area contributed by atoms with Gasteiger partial charge in [-0.05, 0) is 12.5 Å². The van der Waals surface area contributed by atoms with Crippen molar-refractivity contribution in [1.82, 2.24) is 9.78 Å². The molecular formula is C14H14BrClN2O. The third-order valence-electron chi connectivity index (χ3n) is 3.01. The zero-order valence-electron chi connectivity index (χ0n) is 10.8. The summed E-state index contributed by atoms with van der Waals surface area (Å²) in [5.41, 5.74) is 2.26. The monoisotopic (exact) mass is 340 g/mol. The van der Waals surface area contributed by atoms with E-state index in [1.165, 1.54) is 0 Å². The first kappa shape index (κ1) is 14.3. The van der Waals surface area contributed by atoms with Crippen LogP contribution in [0, 0.1) is 0 Å². The van der Waals surface area contributed by atoms with E-state index in [4.69, 9.17) is 11.6 Å². The van der Waals surface area contributed by atoms with Gasteiger partial charge >= 0.3 is 0 Å². The number of carbonyl (C=O) groups excluding carboxylic acids is 1. The lowest BCUT2D eigenvalue weighted by molar-refractivity contribution is 0.0990. The van der Waals surface area contributed by atoms with Crippen molar-refractivity contribution >= 4 is 33.3 Å². The van der Waals surface area contributed by atoms with E-state index in [1.807, 2.05) is 32.2 Å². The molecule has 19 heavy (non-hydrogen) atoms. The van der Waals surface area contributed by atoms with Crippen LogP contribution in [0.25, 0.3) is 0 Å². The van der Waals surface area contributed by atoms with Gasteiger partial charge in [-0.15, -0.1) is 0 Å². The first-order valence-corrected chi connectivity index (χ1v) is 7.19. The van der Waals surface area contributed by atoms with E-state index < -0.39 is 0 Å². The van der Waals surface area contributed by atoms with Crippen molar-refractivity contribution in [3.8, 4) is 0 Å². The third kappa shape index (κ3) is 2.90. The van der Waals surface area contributed by atoms with Gasteiger partial charge in [0.25, 0.3) is 0 Å². The predicted octanol–water partition coefficient (Wildman–Crippen LogP) is 3.82. The van der Waals surface area contributed by atoms with Crippen molar-refractivity contribution in [2.24, 2.45) is 7.05 Å². The molecule has 0 saturated carbocycles. The smallest absolute Gasteiger partial charge is 0.169 e. The Kier molecular flexibility index (Phi) is 4.42. The molecule has 0 aliphatic heterocycles. The molecule has 1 aromatic carbocycles. The molecule has 0 aliphatic carbocycles. The molecule has 1 heterocycles. The zero-order valence-corrected chi connectivity index (χ0v) is 13.1. The molecular weight excluding hydrogens is 328 g/mol. The Morgan fingerprint density at radius 2 is 2.11 bits per heavy atom. The van der Waals surface area contributed by atoms with E-state index in [-0.39, 0.29) is 12.2 Å². The summed E-state index contributed by atoms with van der Waals surface area (Å²) in [5.74, 6) is 0.0278. The summed E-state index contributed by atoms with van der Waals surface area (Å²) in [5, 5.41) is 4.92. The summed E-state index contributed by atoms with van der Waals surface area (Å²) in [7, 11) is 1.81. The standard InChI is InChI=1S/C14H14BrClN2O/c1-3-11-14(16)12(18(2)17-11)8-13(19)9-6-4-5-7-10(9)15/h4-7H,3,8H2,1-2H3. The highest BCUT2D eigenvalue weighted by Gasteiger charge is 2.18. The zero-order chi connectivity index (χ0) is 14.0. The minimum absolute atomic E-state index is 0.0278. The molecule has 0 unspecified atom stereocenters. The quantitative estimate of drug-likeness (QED) is 0.792. The van der Waals surface area contributed by atoms with E-state index in [0.717, 1.165) is 22.3 Å². The van der Waals surface area contributed by atoms with Gasteiger partial charge in [0.05, 0.1) is 22.8 Å². The minimum Gasteiger partial charge on any atom is -0.294 e. The minimum atomic E-state index is 0.0278. The van der Waals surface area contributed by atoms with Crippen molar-refractivity contribution in [2.45, 2.75) is 19.8 Å². The predicted molar refractivity (Wildman–Crippen MR) is 79.8 cm³/mol. The van der Waals surface area contributed by atoms with Crippen molar-refractivity contribution in [3.05, 3.63) is 50.7 Å². The van der Waals surface area contributed by atoms with Gasteiger partial charge in [0.15, 0.2) is 5.78 Å². The number of carbonyl (C=O) groups is 1. The normalized spacial score (nSPS) is 10.7. The highest BCUT2D eigenvalue weighted by Crippen LogP contribution is 2.24. The number of Topliss-reactive ketones (excluding diaryl/α,β-unsaturated/α-hetero) is 1. The van der Waals surface area contributed by atoms with E-state index in [2.05, 4.69) is 21.0 Å². The fourth-order valence-electron chi connectivity index (χ4n) is 1.95. The van der Waals surface area contributed by atoms with Crippen LogP contribution in [0.4, 0.5) is 0 Å². The van der Waals surface area contributed by atoms with Crippen LogP contribution in [0.3, 0.4) is 0 Å². The molecule has 0 bridgehead atoms. The van der Waals surface area contributed by atoms with Gasteiger partial charge < -0.3 is 0 Å². The van der Waals surface area contributed by atoms with Crippen LogP contribution in [0.15, 0.2) is 28.7 Å². The van der Waals surface area contributed by atoms with Crippen LogP contribution < -0.4 is 0 Å². The number of rotatable bonds is 4. The molecule has 0 spiro atoms. The summed E-state index contributed by atoms with van der Waals surface area (Å²) in [6, 6.07) is 7.39. The molecule has 100 valence electrons. The summed E-state index contributed by atoms with van der Waals surface area (Å²) in [6.45, 7) is 1.99. The average Bonchev–Trinajstić information content (AvgIpc) is 2.66. The maximum atomic E-state index is 12.3. The van der Waals surface area contributed by atoms with Crippen molar-refractivity contribution in [2.75, 3.05) is 0 Å². The van der Waals surface area contributed by atoms with Gasteiger partial charge in [-0.3, -0.25) is 9.48 Å². The van der Waals surface area contributed by atoms with Crippen molar-refractivity contribution in [1.29, 1.82) is 0 Å². The van der Waals surface area contributed by atoms with Crippen LogP contribution in [-0.4, -0.2) is 15.6 Å². The summed E-state index contributed by atoms with van der Waals surface area (Å²) in [4.78, 5) is 12.3. The van der Waals surface area contributed by atoms with Crippen molar-refractivity contribution in [3.63, 3.8) is 0 Å². The Hall–Kier alpha value is -1.13. The number of aryl methyl sites for hydroxylation is 2. The molecule has 0 atom stereocenters. The largest absolute Gasteiger partial charge is 0.294 e. The molecule has 5 heteroatoms. The van der Waals surface area contributed by atoms with Gasteiger partial charge in [-0.25, -0.2) is 0 Å². The Morgan fingerprint density at radius 1 is 1.42 bits per heavy atom. The lowest BCUT2D eigenvalue weighted by Crippen LogP contribution is -2.08. The summed E-state index contributed by atoms with van der Waals surface area (Å²) < 4.78 is 2.49. The number of halogens is 2. The number of nitrogens with zero attached hydrogens (tertiary/aromatic N) is 2. The van der Waals surface area contributed by atoms with Crippen molar-refractivity contribution < 1.29 is 4.79 Å². The van der Waals surface area contributed by atoms with E-state index in [9.17, 15) is 4.79 Å². The second-order valence-electron chi connectivity index (χ2n) is 4.26. The van der Waals surface area contributed by atoms with Gasteiger partial charge in [0.2, 0.25) is 0 Å². The second kappa shape index (κ2) is 5.88. The molecule has 0 N–H and O–H groups in total. The van der Waals surface area contributed by atoms with Crippen LogP contribution in [0.2, 0.25) is 5.02 Å². The lowest BCUT2D eigenvalue weighted by atomic mass is 10.1. The van der Waals surface area contributed by atoms with Gasteiger partial charge in [-0.1, -0.05) is 52.7 Å². The van der Waals surface area contributed by atoms with Gasteiger partial charge in [0, 0.05) is 17.1 Å². The summed E-state index contributed by atoms with van der Waals surface area (Å²) in [6.07, 6.45) is 1.01. The third-order valence-corrected chi connectivity index (χ3v) is 4.13. The van der Waals surface area contributed by atoms with E-state index in [0.29, 0.717) is 10.6 Å². The Morgan fingerprint density at radius 3 is 2.68 bits per heavy atom. The molecule has 2 rings (SSSR count). The first-order valence-electron chi connectivity index (χ1n) is 6.02. The highest BCUT2D eigenvalue weighted by atomic mass is 79.9. The van der Waals surface area contributed by atoms with Gasteiger partial charge in [0.1, 0.15) is 0 Å². The fraction of sp³-hybridized carbons (Fsp3) is 0.286. The Bertz CT molecular complexity index is 622. The van der Waals surface area contributed by atoms with E-state index >= 15 is 0 Å². The maximum Gasteiger partial charge on any atom is 0.169 e. The maximum absolute atomic E-state index is 12.3. The SMILES string of the molecule is CCc1nn(C)c(CC(=O)c2ccccc2Br)c1Cl. The average molecular weight is 342 g/mol. The van der Waals surface area contributed by atoms with Gasteiger partial charge in [-0.2, -0.15) is 5.10 Å². The molecule has 2 aromatic rings. The van der Waals surface area contributed by atoms with Crippen LogP contribution in [-0.2, 0) is 19.9 Å². The molecule has 0 aliphatic rings. The number of ketones is 1. The number of hydrogen-bond acceptors (Lipinski definition) is 2. The first-order chi connectivity index (χ1) is 9.04. The van der Waals surface area contributed by atoms with Crippen LogP contribution >= 0.6 is 27.5 Å². The molecule has 0 amide bonds. The van der Waals surface area contributed by atoms with Crippen LogP contribution in [0.5, 0.6) is 0 Å². The fourth-order valence-corrected chi connectivity index (χ4v) is 2.81. The Balaban J connectivity index is 2.30. The molecule has 0 radical (unpaired) electrons. The topological polar surface area (TPSA) is 34.9 Å². The number of benzene rings is 1. The summed E-state index contributed by atoms with van der Waals surface area (Å²) >= 11 is 9.64.